The Hall–Kier alpha value is -2.21. The lowest BCUT2D eigenvalue weighted by Gasteiger charge is -2.11. The molecule has 1 amide bonds. The number of hydrogen-bond donors (Lipinski definition) is 2. The maximum Gasteiger partial charge on any atom is 0.242 e. The van der Waals surface area contributed by atoms with E-state index in [-0.39, 0.29) is 12.5 Å². The van der Waals surface area contributed by atoms with Crippen LogP contribution in [0.15, 0.2) is 30.5 Å². The molecular weight excluding hydrogens is 268 g/mol. The molecule has 1 aromatic heterocycles. The van der Waals surface area contributed by atoms with Gasteiger partial charge in [-0.25, -0.2) is 4.68 Å². The molecule has 0 radical (unpaired) electrons. The van der Waals surface area contributed by atoms with E-state index in [9.17, 15) is 9.90 Å². The van der Waals surface area contributed by atoms with Gasteiger partial charge in [0.1, 0.15) is 17.8 Å². The number of hydrogen-bond acceptors (Lipinski definition) is 4. The smallest absolute Gasteiger partial charge is 0.242 e. The second-order valence-electron chi connectivity index (χ2n) is 5.62. The van der Waals surface area contributed by atoms with Crippen LogP contribution >= 0.6 is 0 Å². The highest BCUT2D eigenvalue weighted by Gasteiger charge is 2.20. The van der Waals surface area contributed by atoms with Crippen molar-refractivity contribution in [2.75, 3.05) is 0 Å². The van der Waals surface area contributed by atoms with Gasteiger partial charge in [0, 0.05) is 6.54 Å². The van der Waals surface area contributed by atoms with Gasteiger partial charge in [0.25, 0.3) is 0 Å². The standard InChI is InChI=1S/C15H20N4O2/c1-11-4-6-12(7-5-11)8-16-14(20)10-19-9-13(17-18-19)15(2,3)21/h4-7,9,21H,8,10H2,1-3H3,(H,16,20). The van der Waals surface area contributed by atoms with Crippen molar-refractivity contribution in [3.05, 3.63) is 47.3 Å². The molecule has 0 fully saturated rings. The highest BCUT2D eigenvalue weighted by atomic mass is 16.3. The number of rotatable bonds is 5. The summed E-state index contributed by atoms with van der Waals surface area (Å²) in [4.78, 5) is 11.8. The highest BCUT2D eigenvalue weighted by Crippen LogP contribution is 2.15. The quantitative estimate of drug-likeness (QED) is 0.864. The first-order valence-electron chi connectivity index (χ1n) is 6.80. The minimum absolute atomic E-state index is 0.0783. The number of carbonyl (C=O) groups is 1. The molecule has 2 rings (SSSR count). The lowest BCUT2D eigenvalue weighted by atomic mass is 10.1. The van der Waals surface area contributed by atoms with Gasteiger partial charge in [-0.05, 0) is 26.3 Å². The van der Waals surface area contributed by atoms with Crippen LogP contribution in [-0.4, -0.2) is 26.0 Å². The van der Waals surface area contributed by atoms with Gasteiger partial charge in [0.15, 0.2) is 0 Å². The molecule has 0 bridgehead atoms. The summed E-state index contributed by atoms with van der Waals surface area (Å²) in [6, 6.07) is 7.98. The van der Waals surface area contributed by atoms with E-state index in [0.717, 1.165) is 5.56 Å². The summed E-state index contributed by atoms with van der Waals surface area (Å²) in [6.07, 6.45) is 1.57. The molecule has 0 saturated carbocycles. The minimum atomic E-state index is -1.06. The third-order valence-corrected chi connectivity index (χ3v) is 3.08. The van der Waals surface area contributed by atoms with Crippen LogP contribution < -0.4 is 5.32 Å². The van der Waals surface area contributed by atoms with Crippen molar-refractivity contribution in [3.8, 4) is 0 Å². The predicted molar refractivity (Wildman–Crippen MR) is 78.3 cm³/mol. The molecule has 0 aliphatic heterocycles. The van der Waals surface area contributed by atoms with Crippen LogP contribution in [0.5, 0.6) is 0 Å². The van der Waals surface area contributed by atoms with Gasteiger partial charge in [0.05, 0.1) is 6.20 Å². The maximum absolute atomic E-state index is 11.8. The van der Waals surface area contributed by atoms with Crippen LogP contribution in [0.1, 0.15) is 30.7 Å². The number of aryl methyl sites for hydroxylation is 1. The Labute approximate surface area is 123 Å². The summed E-state index contributed by atoms with van der Waals surface area (Å²) in [5, 5.41) is 20.3. The van der Waals surface area contributed by atoms with E-state index < -0.39 is 5.60 Å². The number of carbonyl (C=O) groups excluding carboxylic acids is 1. The molecule has 112 valence electrons. The normalized spacial score (nSPS) is 11.4. The van der Waals surface area contributed by atoms with Gasteiger partial charge in [-0.15, -0.1) is 5.10 Å². The number of aromatic nitrogens is 3. The molecule has 2 aromatic rings. The van der Waals surface area contributed by atoms with Gasteiger partial charge in [-0.1, -0.05) is 35.0 Å². The first-order valence-corrected chi connectivity index (χ1v) is 6.80. The summed E-state index contributed by atoms with van der Waals surface area (Å²) < 4.78 is 1.41. The van der Waals surface area contributed by atoms with Crippen molar-refractivity contribution in [2.24, 2.45) is 0 Å². The summed E-state index contributed by atoms with van der Waals surface area (Å²) in [7, 11) is 0. The van der Waals surface area contributed by atoms with E-state index in [4.69, 9.17) is 0 Å². The third-order valence-electron chi connectivity index (χ3n) is 3.08. The van der Waals surface area contributed by atoms with E-state index in [1.165, 1.54) is 10.2 Å². The van der Waals surface area contributed by atoms with Crippen LogP contribution in [0, 0.1) is 6.92 Å². The summed E-state index contributed by atoms with van der Waals surface area (Å²) >= 11 is 0. The zero-order valence-corrected chi connectivity index (χ0v) is 12.5. The number of amides is 1. The first-order chi connectivity index (χ1) is 9.84. The molecule has 0 atom stereocenters. The summed E-state index contributed by atoms with van der Waals surface area (Å²) in [6.45, 7) is 5.83. The Morgan fingerprint density at radius 2 is 2.00 bits per heavy atom. The van der Waals surface area contributed by atoms with Gasteiger partial charge >= 0.3 is 0 Å². The van der Waals surface area contributed by atoms with E-state index in [2.05, 4.69) is 15.6 Å². The molecule has 0 spiro atoms. The summed E-state index contributed by atoms with van der Waals surface area (Å²) in [5.41, 5.74) is 1.61. The maximum atomic E-state index is 11.8. The van der Waals surface area contributed by atoms with Gasteiger partial charge in [0.2, 0.25) is 5.91 Å². The third kappa shape index (κ3) is 4.39. The van der Waals surface area contributed by atoms with Gasteiger partial charge < -0.3 is 10.4 Å². The summed E-state index contributed by atoms with van der Waals surface area (Å²) in [5.74, 6) is -0.150. The fraction of sp³-hybridized carbons (Fsp3) is 0.400. The molecular formula is C15H20N4O2. The van der Waals surface area contributed by atoms with E-state index in [1.807, 2.05) is 31.2 Å². The van der Waals surface area contributed by atoms with Crippen molar-refractivity contribution >= 4 is 5.91 Å². The van der Waals surface area contributed by atoms with Crippen LogP contribution in [0.25, 0.3) is 0 Å². The number of nitrogens with zero attached hydrogens (tertiary/aromatic N) is 3. The van der Waals surface area contributed by atoms with Crippen molar-refractivity contribution < 1.29 is 9.90 Å². The van der Waals surface area contributed by atoms with Crippen molar-refractivity contribution in [2.45, 2.75) is 39.5 Å². The highest BCUT2D eigenvalue weighted by molar-refractivity contribution is 5.75. The number of aliphatic hydroxyl groups is 1. The van der Waals surface area contributed by atoms with Gasteiger partial charge in [-0.3, -0.25) is 4.79 Å². The topological polar surface area (TPSA) is 80.0 Å². The van der Waals surface area contributed by atoms with Crippen LogP contribution in [0.4, 0.5) is 0 Å². The number of nitrogens with one attached hydrogen (secondary N) is 1. The average Bonchev–Trinajstić information content (AvgIpc) is 2.86. The van der Waals surface area contributed by atoms with E-state index >= 15 is 0 Å². The minimum Gasteiger partial charge on any atom is -0.384 e. The Bertz CT molecular complexity index is 611. The van der Waals surface area contributed by atoms with E-state index in [1.54, 1.807) is 20.0 Å². The number of benzene rings is 1. The van der Waals surface area contributed by atoms with E-state index in [0.29, 0.717) is 12.2 Å². The monoisotopic (exact) mass is 288 g/mol. The van der Waals surface area contributed by atoms with Crippen LogP contribution in [0.2, 0.25) is 0 Å². The Balaban J connectivity index is 1.87. The second kappa shape index (κ2) is 6.05. The molecule has 6 nitrogen and oxygen atoms in total. The molecule has 21 heavy (non-hydrogen) atoms. The van der Waals surface area contributed by atoms with Crippen LogP contribution in [0.3, 0.4) is 0 Å². The first kappa shape index (κ1) is 15.2. The molecule has 0 unspecified atom stereocenters. The largest absolute Gasteiger partial charge is 0.384 e. The molecule has 0 aliphatic carbocycles. The fourth-order valence-corrected chi connectivity index (χ4v) is 1.77. The SMILES string of the molecule is Cc1ccc(CNC(=O)Cn2cc(C(C)(C)O)nn2)cc1. The zero-order valence-electron chi connectivity index (χ0n) is 12.5. The van der Waals surface area contributed by atoms with Crippen molar-refractivity contribution in [1.82, 2.24) is 20.3 Å². The Morgan fingerprint density at radius 3 is 2.57 bits per heavy atom. The Morgan fingerprint density at radius 1 is 1.33 bits per heavy atom. The lowest BCUT2D eigenvalue weighted by Crippen LogP contribution is -2.27. The second-order valence-corrected chi connectivity index (χ2v) is 5.62. The average molecular weight is 288 g/mol. The molecule has 0 aliphatic rings. The lowest BCUT2D eigenvalue weighted by molar-refractivity contribution is -0.122. The van der Waals surface area contributed by atoms with Gasteiger partial charge in [-0.2, -0.15) is 0 Å². The fourth-order valence-electron chi connectivity index (χ4n) is 1.77. The molecule has 6 heteroatoms. The Kier molecular flexibility index (Phi) is 4.37. The van der Waals surface area contributed by atoms with Crippen LogP contribution in [-0.2, 0) is 23.5 Å². The zero-order chi connectivity index (χ0) is 15.5. The van der Waals surface area contributed by atoms with Crippen molar-refractivity contribution in [1.29, 1.82) is 0 Å². The molecule has 2 N–H and O–H groups in total. The molecule has 0 saturated heterocycles. The molecule has 1 heterocycles. The molecule has 1 aromatic carbocycles. The predicted octanol–water partition coefficient (Wildman–Crippen LogP) is 1.13. The van der Waals surface area contributed by atoms with Crippen molar-refractivity contribution in [3.63, 3.8) is 0 Å².